The zero-order chi connectivity index (χ0) is 42.3. The number of ether oxygens (including phenoxy) is 1. The molecule has 0 heterocycles. The molecule has 0 radical (unpaired) electrons. The lowest BCUT2D eigenvalue weighted by Gasteiger charge is -2.22. The zero-order valence-corrected chi connectivity index (χ0v) is 39.3. The third kappa shape index (κ3) is 44.4. The molecule has 0 saturated heterocycles. The Labute approximate surface area is 362 Å². The van der Waals surface area contributed by atoms with E-state index in [-0.39, 0.29) is 18.5 Å². The number of carbonyl (C=O) groups excluding carboxylic acids is 2. The number of carbonyl (C=O) groups is 2. The van der Waals surface area contributed by atoms with Gasteiger partial charge in [0.25, 0.3) is 0 Å². The summed E-state index contributed by atoms with van der Waals surface area (Å²) in [5.41, 5.74) is 0. The smallest absolute Gasteiger partial charge is 0.305 e. The molecule has 0 spiro atoms. The average molecular weight is 822 g/mol. The van der Waals surface area contributed by atoms with Gasteiger partial charge >= 0.3 is 5.97 Å². The summed E-state index contributed by atoms with van der Waals surface area (Å²) in [6, 6.07) is -0.546. The van der Waals surface area contributed by atoms with Crippen molar-refractivity contribution >= 4 is 11.9 Å². The minimum atomic E-state index is -0.668. The van der Waals surface area contributed by atoms with E-state index in [2.05, 4.69) is 19.2 Å². The fourth-order valence-corrected chi connectivity index (χ4v) is 8.35. The molecule has 2 unspecified atom stereocenters. The van der Waals surface area contributed by atoms with Gasteiger partial charge in [-0.1, -0.05) is 258 Å². The van der Waals surface area contributed by atoms with Crippen molar-refractivity contribution in [2.24, 2.45) is 0 Å². The molecule has 6 nitrogen and oxygen atoms in total. The van der Waals surface area contributed by atoms with Crippen LogP contribution in [-0.2, 0) is 14.3 Å². The van der Waals surface area contributed by atoms with Crippen LogP contribution in [-0.4, -0.2) is 47.4 Å². The molecule has 2 atom stereocenters. The van der Waals surface area contributed by atoms with Crippen molar-refractivity contribution < 1.29 is 24.5 Å². The summed E-state index contributed by atoms with van der Waals surface area (Å²) >= 11 is 0. The first-order valence-electron chi connectivity index (χ1n) is 26.3. The van der Waals surface area contributed by atoms with E-state index in [1.165, 1.54) is 212 Å². The molecule has 3 N–H and O–H groups in total. The molecule has 346 valence electrons. The van der Waals surface area contributed by atoms with E-state index in [0.717, 1.165) is 51.4 Å². The maximum atomic E-state index is 12.4. The summed E-state index contributed by atoms with van der Waals surface area (Å²) in [6.07, 6.45) is 53.6. The summed E-state index contributed by atoms with van der Waals surface area (Å²) in [5, 5.41) is 23.1. The van der Waals surface area contributed by atoms with E-state index in [9.17, 15) is 19.8 Å². The third-order valence-electron chi connectivity index (χ3n) is 12.4. The van der Waals surface area contributed by atoms with Crippen molar-refractivity contribution in [1.82, 2.24) is 5.32 Å². The van der Waals surface area contributed by atoms with Crippen LogP contribution in [0.5, 0.6) is 0 Å². The molecule has 0 aromatic heterocycles. The van der Waals surface area contributed by atoms with Crippen LogP contribution in [0, 0.1) is 0 Å². The maximum Gasteiger partial charge on any atom is 0.305 e. The summed E-state index contributed by atoms with van der Waals surface area (Å²) < 4.78 is 5.47. The van der Waals surface area contributed by atoms with Crippen molar-refractivity contribution in [2.45, 2.75) is 309 Å². The second-order valence-electron chi connectivity index (χ2n) is 18.2. The van der Waals surface area contributed by atoms with Crippen molar-refractivity contribution in [1.29, 1.82) is 0 Å². The van der Waals surface area contributed by atoms with Gasteiger partial charge in [0.05, 0.1) is 25.4 Å². The standard InChI is InChI=1S/C52H103NO5/c1-3-5-7-9-11-13-15-16-17-18-22-26-30-34-38-42-46-52(57)58-47-43-39-35-31-27-23-20-19-21-25-29-33-37-41-45-51(56)53-49(48-54)50(55)44-40-36-32-28-24-14-12-10-8-6-4-2/h49-50,54-55H,3-48H2,1-2H3,(H,53,56). The third-order valence-corrected chi connectivity index (χ3v) is 12.4. The van der Waals surface area contributed by atoms with Crippen LogP contribution in [0.1, 0.15) is 296 Å². The lowest BCUT2D eigenvalue weighted by molar-refractivity contribution is -0.143. The zero-order valence-electron chi connectivity index (χ0n) is 39.3. The van der Waals surface area contributed by atoms with Gasteiger partial charge in [0.15, 0.2) is 0 Å². The van der Waals surface area contributed by atoms with E-state index < -0.39 is 12.1 Å². The largest absolute Gasteiger partial charge is 0.466 e. The molecule has 1 amide bonds. The number of esters is 1. The highest BCUT2D eigenvalue weighted by Gasteiger charge is 2.20. The molecule has 0 fully saturated rings. The van der Waals surface area contributed by atoms with Gasteiger partial charge in [0, 0.05) is 12.8 Å². The molecule has 0 aliphatic rings. The van der Waals surface area contributed by atoms with Crippen molar-refractivity contribution in [2.75, 3.05) is 13.2 Å². The van der Waals surface area contributed by atoms with Gasteiger partial charge < -0.3 is 20.3 Å². The highest BCUT2D eigenvalue weighted by atomic mass is 16.5. The number of unbranched alkanes of at least 4 members (excludes halogenated alkanes) is 38. The van der Waals surface area contributed by atoms with Crippen LogP contribution >= 0.6 is 0 Å². The van der Waals surface area contributed by atoms with Crippen molar-refractivity contribution in [3.8, 4) is 0 Å². The van der Waals surface area contributed by atoms with Crippen LogP contribution in [0.15, 0.2) is 0 Å². The topological polar surface area (TPSA) is 95.9 Å². The number of amides is 1. The Bertz CT molecular complexity index is 822. The molecule has 58 heavy (non-hydrogen) atoms. The van der Waals surface area contributed by atoms with E-state index in [0.29, 0.717) is 25.9 Å². The van der Waals surface area contributed by atoms with Crippen molar-refractivity contribution in [3.63, 3.8) is 0 Å². The van der Waals surface area contributed by atoms with Gasteiger partial charge in [-0.25, -0.2) is 0 Å². The minimum absolute atomic E-state index is 0.00167. The SMILES string of the molecule is CCCCCCCCCCCCCCCCCCC(=O)OCCCCCCCCCCCCCCCCC(=O)NC(CO)C(O)CCCCCCCCCCCCC. The Morgan fingerprint density at radius 3 is 1.05 bits per heavy atom. The first-order valence-corrected chi connectivity index (χ1v) is 26.3. The normalized spacial score (nSPS) is 12.6. The highest BCUT2D eigenvalue weighted by Crippen LogP contribution is 2.17. The van der Waals surface area contributed by atoms with Crippen LogP contribution in [0.4, 0.5) is 0 Å². The molecule has 0 aromatic carbocycles. The van der Waals surface area contributed by atoms with Gasteiger partial charge in [0.1, 0.15) is 0 Å². The highest BCUT2D eigenvalue weighted by molar-refractivity contribution is 5.76. The van der Waals surface area contributed by atoms with E-state index in [4.69, 9.17) is 4.74 Å². The Morgan fingerprint density at radius 2 is 0.707 bits per heavy atom. The van der Waals surface area contributed by atoms with Crippen LogP contribution in [0.25, 0.3) is 0 Å². The number of nitrogens with one attached hydrogen (secondary N) is 1. The van der Waals surface area contributed by atoms with E-state index in [1.54, 1.807) is 0 Å². The van der Waals surface area contributed by atoms with Gasteiger partial charge in [-0.2, -0.15) is 0 Å². The number of aliphatic hydroxyl groups excluding tert-OH is 2. The van der Waals surface area contributed by atoms with Crippen molar-refractivity contribution in [3.05, 3.63) is 0 Å². The molecule has 0 bridgehead atoms. The van der Waals surface area contributed by atoms with Gasteiger partial charge in [-0.15, -0.1) is 0 Å². The number of rotatable bonds is 49. The fraction of sp³-hybridized carbons (Fsp3) is 0.962. The fourth-order valence-electron chi connectivity index (χ4n) is 8.35. The maximum absolute atomic E-state index is 12.4. The average Bonchev–Trinajstić information content (AvgIpc) is 3.22. The molecule has 6 heteroatoms. The molecule has 0 saturated carbocycles. The molecule has 0 rings (SSSR count). The van der Waals surface area contributed by atoms with E-state index >= 15 is 0 Å². The summed E-state index contributed by atoms with van der Waals surface area (Å²) in [5.74, 6) is -0.0434. The van der Waals surface area contributed by atoms with Crippen LogP contribution < -0.4 is 5.32 Å². The monoisotopic (exact) mass is 822 g/mol. The predicted molar refractivity (Wildman–Crippen MR) is 250 cm³/mol. The number of hydrogen-bond donors (Lipinski definition) is 3. The number of aliphatic hydroxyl groups is 2. The summed E-state index contributed by atoms with van der Waals surface area (Å²) in [6.45, 7) is 4.94. The Balaban J connectivity index is 3.39. The van der Waals surface area contributed by atoms with Gasteiger partial charge in [-0.3, -0.25) is 9.59 Å². The van der Waals surface area contributed by atoms with Gasteiger partial charge in [-0.05, 0) is 25.7 Å². The summed E-state index contributed by atoms with van der Waals surface area (Å²) in [7, 11) is 0. The quantitative estimate of drug-likeness (QED) is 0.0420. The second kappa shape index (κ2) is 48.5. The molecule has 0 aliphatic heterocycles. The molecular formula is C52H103NO5. The molecule has 0 aromatic rings. The first-order chi connectivity index (χ1) is 28.5. The Kier molecular flexibility index (Phi) is 47.6. The summed E-state index contributed by atoms with van der Waals surface area (Å²) in [4.78, 5) is 24.5. The van der Waals surface area contributed by atoms with Crippen LogP contribution in [0.2, 0.25) is 0 Å². The Hall–Kier alpha value is -1.14. The first kappa shape index (κ1) is 56.9. The molecule has 0 aliphatic carbocycles. The molecular weight excluding hydrogens is 719 g/mol. The predicted octanol–water partition coefficient (Wildman–Crippen LogP) is 15.6. The lowest BCUT2D eigenvalue weighted by Crippen LogP contribution is -2.45. The van der Waals surface area contributed by atoms with Gasteiger partial charge in [0.2, 0.25) is 5.91 Å². The lowest BCUT2D eigenvalue weighted by atomic mass is 10.0. The number of hydrogen-bond acceptors (Lipinski definition) is 5. The minimum Gasteiger partial charge on any atom is -0.466 e. The Morgan fingerprint density at radius 1 is 0.414 bits per heavy atom. The second-order valence-corrected chi connectivity index (χ2v) is 18.2. The van der Waals surface area contributed by atoms with E-state index in [1.807, 2.05) is 0 Å². The van der Waals surface area contributed by atoms with Crippen LogP contribution in [0.3, 0.4) is 0 Å².